The van der Waals surface area contributed by atoms with Gasteiger partial charge in [-0.1, -0.05) is 12.1 Å². The second kappa shape index (κ2) is 11.3. The van der Waals surface area contributed by atoms with E-state index in [9.17, 15) is 4.79 Å². The van der Waals surface area contributed by atoms with E-state index in [4.69, 9.17) is 13.9 Å². The molecule has 1 atom stereocenters. The number of hydrogen-bond acceptors (Lipinski definition) is 5. The molecule has 1 saturated heterocycles. The molecule has 0 aliphatic carbocycles. The van der Waals surface area contributed by atoms with Crippen LogP contribution in [0.1, 0.15) is 35.0 Å². The molecule has 8 nitrogen and oxygen atoms in total. The molecule has 3 rings (SSSR count). The maximum atomic E-state index is 11.9. The summed E-state index contributed by atoms with van der Waals surface area (Å²) in [6.07, 6.45) is 2.48. The van der Waals surface area contributed by atoms with Gasteiger partial charge in [-0.3, -0.25) is 4.79 Å². The minimum Gasteiger partial charge on any atom is -0.488 e. The monoisotopic (exact) mass is 414 g/mol. The summed E-state index contributed by atoms with van der Waals surface area (Å²) >= 11 is 0. The van der Waals surface area contributed by atoms with Crippen molar-refractivity contribution in [3.63, 3.8) is 0 Å². The minimum atomic E-state index is -0.235. The molecule has 1 fully saturated rings. The number of aliphatic imine (C=N–C) groups is 1. The zero-order chi connectivity index (χ0) is 21.2. The van der Waals surface area contributed by atoms with Gasteiger partial charge in [-0.25, -0.2) is 4.99 Å². The third kappa shape index (κ3) is 6.52. The first-order valence-electron chi connectivity index (χ1n) is 10.3. The molecule has 0 bridgehead atoms. The normalized spacial score (nSPS) is 16.3. The third-order valence-corrected chi connectivity index (χ3v) is 4.60. The molecule has 30 heavy (non-hydrogen) atoms. The van der Waals surface area contributed by atoms with Gasteiger partial charge in [0, 0.05) is 31.6 Å². The van der Waals surface area contributed by atoms with Crippen LogP contribution in [0.2, 0.25) is 0 Å². The Bertz CT molecular complexity index is 830. The lowest BCUT2D eigenvalue weighted by Gasteiger charge is -2.16. The molecule has 1 amide bonds. The summed E-state index contributed by atoms with van der Waals surface area (Å²) < 4.78 is 16.6. The Labute approximate surface area is 177 Å². The highest BCUT2D eigenvalue weighted by Gasteiger charge is 2.18. The van der Waals surface area contributed by atoms with Crippen molar-refractivity contribution >= 4 is 11.9 Å². The van der Waals surface area contributed by atoms with Crippen molar-refractivity contribution in [1.82, 2.24) is 16.0 Å². The molecule has 1 aromatic heterocycles. The Hall–Kier alpha value is -3.00. The van der Waals surface area contributed by atoms with Gasteiger partial charge in [0.2, 0.25) is 0 Å². The first-order valence-corrected chi connectivity index (χ1v) is 10.3. The van der Waals surface area contributed by atoms with Crippen LogP contribution in [0.25, 0.3) is 0 Å². The number of amides is 1. The van der Waals surface area contributed by atoms with E-state index in [1.54, 1.807) is 12.1 Å². The van der Waals surface area contributed by atoms with Crippen molar-refractivity contribution in [2.75, 3.05) is 32.8 Å². The Balaban J connectivity index is 1.54. The van der Waals surface area contributed by atoms with Crippen molar-refractivity contribution in [3.8, 4) is 5.75 Å². The predicted octanol–water partition coefficient (Wildman–Crippen LogP) is 2.24. The van der Waals surface area contributed by atoms with E-state index in [1.807, 2.05) is 19.9 Å². The number of carbonyl (C=O) groups excluding carboxylic acids is 1. The summed E-state index contributed by atoms with van der Waals surface area (Å²) in [5.74, 6) is 1.60. The molecule has 2 aromatic rings. The molecule has 3 N–H and O–H groups in total. The molecular weight excluding hydrogens is 384 g/mol. The third-order valence-electron chi connectivity index (χ3n) is 4.60. The van der Waals surface area contributed by atoms with Crippen LogP contribution in [-0.4, -0.2) is 50.8 Å². The van der Waals surface area contributed by atoms with Crippen LogP contribution in [-0.2, 0) is 11.3 Å². The molecular formula is C22H30N4O4. The van der Waals surface area contributed by atoms with Gasteiger partial charge in [0.05, 0.1) is 26.0 Å². The number of furan rings is 1. The molecule has 2 heterocycles. The van der Waals surface area contributed by atoms with Crippen LogP contribution in [0.3, 0.4) is 0 Å². The Morgan fingerprint density at radius 3 is 2.83 bits per heavy atom. The number of carbonyl (C=O) groups is 1. The second-order valence-corrected chi connectivity index (χ2v) is 7.07. The lowest BCUT2D eigenvalue weighted by Crippen LogP contribution is -2.41. The largest absolute Gasteiger partial charge is 0.488 e. The summed E-state index contributed by atoms with van der Waals surface area (Å²) in [5.41, 5.74) is 2.17. The van der Waals surface area contributed by atoms with Crippen LogP contribution in [0.15, 0.2) is 46.0 Å². The van der Waals surface area contributed by atoms with Crippen molar-refractivity contribution < 1.29 is 18.7 Å². The van der Waals surface area contributed by atoms with Crippen molar-refractivity contribution in [2.24, 2.45) is 4.99 Å². The van der Waals surface area contributed by atoms with E-state index in [-0.39, 0.29) is 12.0 Å². The zero-order valence-electron chi connectivity index (χ0n) is 17.6. The van der Waals surface area contributed by atoms with Crippen LogP contribution in [0.5, 0.6) is 5.75 Å². The number of hydrogen-bond donors (Lipinski definition) is 3. The van der Waals surface area contributed by atoms with Crippen LogP contribution < -0.4 is 20.7 Å². The Morgan fingerprint density at radius 2 is 2.10 bits per heavy atom. The number of nitrogens with zero attached hydrogens (tertiary/aromatic N) is 1. The summed E-state index contributed by atoms with van der Waals surface area (Å²) in [6, 6.07) is 9.48. The van der Waals surface area contributed by atoms with Crippen LogP contribution in [0.4, 0.5) is 0 Å². The maximum absolute atomic E-state index is 11.9. The first-order chi connectivity index (χ1) is 14.7. The molecule has 0 radical (unpaired) electrons. The van der Waals surface area contributed by atoms with Gasteiger partial charge >= 0.3 is 0 Å². The molecule has 162 valence electrons. The molecule has 1 aliphatic rings. The van der Waals surface area contributed by atoms with E-state index in [0.29, 0.717) is 38.0 Å². The summed E-state index contributed by atoms with van der Waals surface area (Å²) in [6.45, 7) is 7.64. The number of ether oxygens (including phenoxy) is 2. The van der Waals surface area contributed by atoms with E-state index in [2.05, 4.69) is 33.1 Å². The van der Waals surface area contributed by atoms with Crippen molar-refractivity contribution in [3.05, 3.63) is 53.5 Å². The van der Waals surface area contributed by atoms with E-state index < -0.39 is 0 Å². The number of nitrogens with one attached hydrogen (secondary N) is 3. The van der Waals surface area contributed by atoms with E-state index >= 15 is 0 Å². The summed E-state index contributed by atoms with van der Waals surface area (Å²) in [5, 5.41) is 9.25. The van der Waals surface area contributed by atoms with E-state index in [0.717, 1.165) is 36.4 Å². The summed E-state index contributed by atoms with van der Waals surface area (Å²) in [7, 11) is 0. The van der Waals surface area contributed by atoms with Gasteiger partial charge in [0.25, 0.3) is 5.91 Å². The molecule has 0 saturated carbocycles. The number of benzene rings is 1. The molecule has 1 aromatic carbocycles. The number of rotatable bonds is 9. The molecule has 1 unspecified atom stereocenters. The Morgan fingerprint density at radius 1 is 1.23 bits per heavy atom. The Kier molecular flexibility index (Phi) is 8.14. The smallest absolute Gasteiger partial charge is 0.287 e. The highest BCUT2D eigenvalue weighted by atomic mass is 16.5. The van der Waals surface area contributed by atoms with E-state index in [1.165, 1.54) is 6.26 Å². The van der Waals surface area contributed by atoms with Gasteiger partial charge < -0.3 is 29.8 Å². The fraction of sp³-hybridized carbons (Fsp3) is 0.455. The summed E-state index contributed by atoms with van der Waals surface area (Å²) in [4.78, 5) is 16.6. The first kappa shape index (κ1) is 21.7. The predicted molar refractivity (Wildman–Crippen MR) is 115 cm³/mol. The standard InChI is InChI=1S/C22H30N4O4/c1-3-23-22(25-10-9-24-21(27)19-5-4-11-29-19)26-14-17-7-6-16(2)13-20(17)30-18-8-12-28-15-18/h4-7,11,13,18H,3,8-10,12,14-15H2,1-2H3,(H,24,27)(H2,23,25,26). The highest BCUT2D eigenvalue weighted by Crippen LogP contribution is 2.24. The molecule has 0 spiro atoms. The van der Waals surface area contributed by atoms with Crippen molar-refractivity contribution in [2.45, 2.75) is 32.9 Å². The average molecular weight is 415 g/mol. The zero-order valence-corrected chi connectivity index (χ0v) is 17.6. The lowest BCUT2D eigenvalue weighted by molar-refractivity contribution is 0.0926. The van der Waals surface area contributed by atoms with Gasteiger partial charge in [0.1, 0.15) is 11.9 Å². The van der Waals surface area contributed by atoms with Gasteiger partial charge in [-0.2, -0.15) is 0 Å². The van der Waals surface area contributed by atoms with Crippen molar-refractivity contribution in [1.29, 1.82) is 0 Å². The second-order valence-electron chi connectivity index (χ2n) is 7.07. The van der Waals surface area contributed by atoms with Gasteiger partial charge in [-0.05, 0) is 37.6 Å². The number of aryl methyl sites for hydroxylation is 1. The van der Waals surface area contributed by atoms with Gasteiger partial charge in [0.15, 0.2) is 11.7 Å². The maximum Gasteiger partial charge on any atom is 0.287 e. The highest BCUT2D eigenvalue weighted by molar-refractivity contribution is 5.91. The fourth-order valence-electron chi connectivity index (χ4n) is 3.05. The van der Waals surface area contributed by atoms with Crippen LogP contribution >= 0.6 is 0 Å². The minimum absolute atomic E-state index is 0.0960. The van der Waals surface area contributed by atoms with Crippen LogP contribution in [0, 0.1) is 6.92 Å². The van der Waals surface area contributed by atoms with Gasteiger partial charge in [-0.15, -0.1) is 0 Å². The molecule has 1 aliphatic heterocycles. The molecule has 8 heteroatoms. The topological polar surface area (TPSA) is 97.1 Å². The fourth-order valence-corrected chi connectivity index (χ4v) is 3.05. The lowest BCUT2D eigenvalue weighted by atomic mass is 10.1. The quantitative estimate of drug-likeness (QED) is 0.331. The SMILES string of the molecule is CCNC(=NCc1ccc(C)cc1OC1CCOC1)NCCNC(=O)c1ccco1. The average Bonchev–Trinajstić information content (AvgIpc) is 3.44. The number of guanidine groups is 1.